The third-order valence-corrected chi connectivity index (χ3v) is 5.88. The van der Waals surface area contributed by atoms with Gasteiger partial charge in [-0.15, -0.1) is 5.10 Å². The summed E-state index contributed by atoms with van der Waals surface area (Å²) in [6.07, 6.45) is -18.9. The Kier molecular flexibility index (Phi) is 3.78. The zero-order chi connectivity index (χ0) is 38.9. The van der Waals surface area contributed by atoms with Crippen molar-refractivity contribution in [1.82, 2.24) is 25.0 Å². The number of aromatic nitrogens is 5. The standard InChI is InChI=1S/C24H31FN6O4S/c1-3-8-36-24-27-22(26-16-10-14(16)13-5-4-12(2)15(25)9-13)19-23(28-24)31(30-29-19)17-11-18(35-7-6-32)21(34)20(17)33/h4-5,9,14,16-18,20-21,32-34H,3,6-8,10-11H2,1-2H3,(H,26,27,28)/t14-,16+,17+,18-,20-,21+/m0/s1/i4D,5D,7D2,8D2,9D,10D2,11D2,17D,18D,20D,21D. The summed E-state index contributed by atoms with van der Waals surface area (Å²) in [5.41, 5.74) is -4.19. The monoisotopic (exact) mass is 533 g/mol. The summed E-state index contributed by atoms with van der Waals surface area (Å²) in [6, 6.07) is -7.30. The molecule has 5 rings (SSSR count). The van der Waals surface area contributed by atoms with Gasteiger partial charge in [0.1, 0.15) is 18.0 Å². The molecule has 36 heavy (non-hydrogen) atoms. The maximum absolute atomic E-state index is 14.8. The summed E-state index contributed by atoms with van der Waals surface area (Å²) < 4.78 is 145. The molecule has 2 aliphatic rings. The van der Waals surface area contributed by atoms with Gasteiger partial charge in [-0.25, -0.2) is 19.0 Å². The van der Waals surface area contributed by atoms with E-state index in [1.54, 1.807) is 0 Å². The number of aliphatic hydroxyl groups excluding tert-OH is 1. The van der Waals surface area contributed by atoms with E-state index in [0.29, 0.717) is 11.8 Å². The average molecular weight is 534 g/mol. The molecule has 0 amide bonds. The van der Waals surface area contributed by atoms with Crippen molar-refractivity contribution in [2.24, 2.45) is 0 Å². The summed E-state index contributed by atoms with van der Waals surface area (Å²) in [7, 11) is 0. The summed E-state index contributed by atoms with van der Waals surface area (Å²) in [4.78, 5) is 8.26. The van der Waals surface area contributed by atoms with E-state index in [2.05, 4.69) is 30.3 Å². The van der Waals surface area contributed by atoms with Gasteiger partial charge < -0.3 is 25.4 Å². The van der Waals surface area contributed by atoms with E-state index in [4.69, 9.17) is 20.6 Å². The van der Waals surface area contributed by atoms with E-state index in [9.17, 15) is 19.7 Å². The van der Waals surface area contributed by atoms with Gasteiger partial charge in [0.15, 0.2) is 22.1 Å². The van der Waals surface area contributed by atoms with Gasteiger partial charge in [0.05, 0.1) is 37.6 Å². The highest BCUT2D eigenvalue weighted by atomic mass is 32.2. The van der Waals surface area contributed by atoms with E-state index in [-0.39, 0.29) is 16.7 Å². The summed E-state index contributed by atoms with van der Waals surface area (Å²) in [6.45, 7) is -2.25. The minimum atomic E-state index is -4.21. The number of nitrogens with one attached hydrogen (secondary N) is 1. The molecule has 2 saturated carbocycles. The Morgan fingerprint density at radius 1 is 1.36 bits per heavy atom. The third-order valence-electron chi connectivity index (χ3n) is 5.08. The zero-order valence-electron chi connectivity index (χ0n) is 33.8. The van der Waals surface area contributed by atoms with Crippen molar-refractivity contribution < 1.29 is 45.0 Å². The third kappa shape index (κ3) is 4.92. The number of fused-ring (bicyclic) bond motifs is 1. The molecule has 1 aromatic carbocycles. The molecule has 2 heterocycles. The van der Waals surface area contributed by atoms with Crippen LogP contribution < -0.4 is 5.32 Å². The van der Waals surface area contributed by atoms with Gasteiger partial charge in [0, 0.05) is 32.3 Å². The van der Waals surface area contributed by atoms with Crippen LogP contribution in [0, 0.1) is 12.7 Å². The fraction of sp³-hybridized carbons (Fsp3) is 0.583. The highest BCUT2D eigenvalue weighted by Crippen LogP contribution is 2.44. The van der Waals surface area contributed by atoms with Crippen LogP contribution in [0.15, 0.2) is 23.3 Å². The molecular formula is C24H31FN6O4S. The molecule has 10 nitrogen and oxygen atoms in total. The smallest absolute Gasteiger partial charge is 0.191 e. The molecule has 2 aromatic heterocycles. The Bertz CT molecular complexity index is 1890. The van der Waals surface area contributed by atoms with Crippen LogP contribution in [-0.4, -0.2) is 83.4 Å². The second-order valence-corrected chi connectivity index (χ2v) is 8.38. The molecule has 0 saturated heterocycles. The van der Waals surface area contributed by atoms with Crippen LogP contribution in [0.1, 0.15) is 69.7 Å². The van der Waals surface area contributed by atoms with Gasteiger partial charge in [0.25, 0.3) is 0 Å². The SMILES string of the molecule is [2H]c1c([2H])c([C@H]2[C@H](Nc3nc(SC([2H])([2H])CC)nc4c3nnn4[C@]3([2H])C([2H])([2H])[C@]([2H])(OC([2H])([2H])CO)[C@@]([2H])(O)[C@@]3([2H])O)C2([2H])[2H])c([2H])c(F)c1C. The number of aliphatic hydroxyl groups is 3. The van der Waals surface area contributed by atoms with Crippen LogP contribution >= 0.6 is 11.8 Å². The lowest BCUT2D eigenvalue weighted by atomic mass is 10.1. The molecule has 0 bridgehead atoms. The number of ether oxygens (including phenoxy) is 1. The van der Waals surface area contributed by atoms with Crippen LogP contribution in [0.5, 0.6) is 0 Å². The first kappa shape index (κ1) is 12.9. The highest BCUT2D eigenvalue weighted by Gasteiger charge is 2.45. The fourth-order valence-electron chi connectivity index (χ4n) is 3.28. The van der Waals surface area contributed by atoms with E-state index in [1.165, 1.54) is 13.8 Å². The number of halogens is 1. The van der Waals surface area contributed by atoms with Gasteiger partial charge in [0.2, 0.25) is 0 Å². The number of anilines is 1. The first-order valence-electron chi connectivity index (χ1n) is 18.1. The molecule has 2 aliphatic carbocycles. The molecule has 0 aliphatic heterocycles. The number of benzene rings is 1. The quantitative estimate of drug-likeness (QED) is 0.227. The van der Waals surface area contributed by atoms with Crippen molar-refractivity contribution in [2.75, 3.05) is 24.2 Å². The maximum Gasteiger partial charge on any atom is 0.191 e. The Morgan fingerprint density at radius 3 is 2.97 bits per heavy atom. The lowest BCUT2D eigenvalue weighted by Gasteiger charge is -2.17. The Hall–Kier alpha value is -2.38. The van der Waals surface area contributed by atoms with E-state index >= 15 is 0 Å². The summed E-state index contributed by atoms with van der Waals surface area (Å²) in [5.74, 6) is -3.05. The molecule has 0 radical (unpaired) electrons. The first-order valence-corrected chi connectivity index (χ1v) is 11.5. The topological polar surface area (TPSA) is 138 Å². The molecule has 6 atom stereocenters. The van der Waals surface area contributed by atoms with Gasteiger partial charge in [-0.3, -0.25) is 0 Å². The zero-order valence-corrected chi connectivity index (χ0v) is 19.7. The Labute approximate surface area is 233 Å². The van der Waals surface area contributed by atoms with Crippen molar-refractivity contribution in [2.45, 2.75) is 74.4 Å². The lowest BCUT2D eigenvalue weighted by Crippen LogP contribution is -2.33. The molecular weight excluding hydrogens is 487 g/mol. The van der Waals surface area contributed by atoms with Crippen LogP contribution in [0.25, 0.3) is 11.2 Å². The molecule has 12 heteroatoms. The van der Waals surface area contributed by atoms with Gasteiger partial charge in [-0.2, -0.15) is 0 Å². The second-order valence-electron chi connectivity index (χ2n) is 7.53. The van der Waals surface area contributed by atoms with Crippen molar-refractivity contribution in [3.05, 3.63) is 35.1 Å². The van der Waals surface area contributed by atoms with Crippen LogP contribution in [-0.2, 0) is 4.74 Å². The Morgan fingerprint density at radius 2 is 2.19 bits per heavy atom. The maximum atomic E-state index is 14.8. The van der Waals surface area contributed by atoms with Crippen molar-refractivity contribution >= 4 is 28.7 Å². The molecule has 0 spiro atoms. The number of rotatable bonds is 10. The highest BCUT2D eigenvalue weighted by molar-refractivity contribution is 7.99. The van der Waals surface area contributed by atoms with E-state index in [0.717, 1.165) is 0 Å². The molecule has 4 N–H and O–H groups in total. The van der Waals surface area contributed by atoms with Gasteiger partial charge in [-0.05, 0) is 36.9 Å². The van der Waals surface area contributed by atoms with Crippen molar-refractivity contribution in [3.8, 4) is 0 Å². The summed E-state index contributed by atoms with van der Waals surface area (Å²) in [5, 5.41) is 41.2. The molecule has 3 aromatic rings. The van der Waals surface area contributed by atoms with Gasteiger partial charge >= 0.3 is 0 Å². The number of hydrogen-bond donors (Lipinski definition) is 4. The van der Waals surface area contributed by atoms with Gasteiger partial charge in [-0.1, -0.05) is 36.0 Å². The largest absolute Gasteiger partial charge is 0.394 e. The van der Waals surface area contributed by atoms with Crippen molar-refractivity contribution in [3.63, 3.8) is 0 Å². The van der Waals surface area contributed by atoms with E-state index in [1.807, 2.05) is 0 Å². The Balaban J connectivity index is 1.72. The molecule has 0 unspecified atom stereocenters. The molecule has 194 valence electrons. The minimum absolute atomic E-state index is 0.0754. The van der Waals surface area contributed by atoms with Crippen molar-refractivity contribution in [1.29, 1.82) is 0 Å². The predicted octanol–water partition coefficient (Wildman–Crippen LogP) is 2.18. The van der Waals surface area contributed by atoms with Crippen LogP contribution in [0.4, 0.5) is 10.2 Å². The first-order chi connectivity index (χ1) is 23.0. The van der Waals surface area contributed by atoms with Crippen LogP contribution in [0.3, 0.4) is 0 Å². The fourth-order valence-corrected chi connectivity index (χ4v) is 3.82. The number of thioether (sulfide) groups is 1. The van der Waals surface area contributed by atoms with E-state index < -0.39 is 119 Å². The number of hydrogen-bond acceptors (Lipinski definition) is 10. The lowest BCUT2D eigenvalue weighted by molar-refractivity contribution is -0.0629. The number of nitrogens with zero attached hydrogens (tertiary/aromatic N) is 5. The molecule has 2 fully saturated rings. The average Bonchev–Trinajstić information content (AvgIpc) is 3.30. The predicted molar refractivity (Wildman–Crippen MR) is 133 cm³/mol. The van der Waals surface area contributed by atoms with Crippen LogP contribution in [0.2, 0.25) is 0 Å². The normalized spacial score (nSPS) is 45.4. The minimum Gasteiger partial charge on any atom is -0.394 e. The second kappa shape index (κ2) is 10.5. The summed E-state index contributed by atoms with van der Waals surface area (Å²) >= 11 is 0.378.